The molecule has 0 amide bonds. The second-order valence-corrected chi connectivity index (χ2v) is 6.35. The first-order chi connectivity index (χ1) is 13.9. The number of benzene rings is 3. The number of aromatic amines is 2. The topological polar surface area (TPSA) is 83.1 Å². The minimum Gasteiger partial charge on any atom is -0.197 e. The quantitative estimate of drug-likeness (QED) is 0.488. The fourth-order valence-electron chi connectivity index (χ4n) is 3.27. The number of H-pyrrole nitrogens is 2. The lowest BCUT2D eigenvalue weighted by atomic mass is 10.00. The molecule has 2 heterocycles. The molecule has 2 N–H and O–H groups in total. The SMILES string of the molecule is c1ccc(-c2n[nH]nc2-c2cccc(-c3n[nH]nc3-c3ccccc3)c2)cc1. The molecular weight excluding hydrogens is 348 g/mol. The van der Waals surface area contributed by atoms with Gasteiger partial charge in [-0.1, -0.05) is 78.9 Å². The van der Waals surface area contributed by atoms with Crippen LogP contribution in [0.25, 0.3) is 45.0 Å². The van der Waals surface area contributed by atoms with Gasteiger partial charge >= 0.3 is 0 Å². The van der Waals surface area contributed by atoms with Crippen LogP contribution in [-0.4, -0.2) is 30.8 Å². The van der Waals surface area contributed by atoms with Crippen LogP contribution in [0.1, 0.15) is 0 Å². The fraction of sp³-hybridized carbons (Fsp3) is 0. The van der Waals surface area contributed by atoms with Crippen LogP contribution >= 0.6 is 0 Å². The summed E-state index contributed by atoms with van der Waals surface area (Å²) in [4.78, 5) is 0. The predicted octanol–water partition coefficient (Wildman–Crippen LogP) is 4.59. The Bertz CT molecular complexity index is 1120. The standard InChI is InChI=1S/C22H16N6/c1-3-8-15(9-4-1)19-21(25-27-23-19)17-12-7-13-18(14-17)22-20(24-28-26-22)16-10-5-2-6-11-16/h1-14H,(H,23,25,27)(H,24,26,28). The third-order valence-electron chi connectivity index (χ3n) is 4.60. The van der Waals surface area contributed by atoms with Crippen LogP contribution in [0.5, 0.6) is 0 Å². The van der Waals surface area contributed by atoms with Crippen molar-refractivity contribution in [2.45, 2.75) is 0 Å². The highest BCUT2D eigenvalue weighted by atomic mass is 15.3. The summed E-state index contributed by atoms with van der Waals surface area (Å²) in [6, 6.07) is 28.1. The third-order valence-corrected chi connectivity index (χ3v) is 4.60. The van der Waals surface area contributed by atoms with E-state index in [1.807, 2.05) is 78.9 Å². The summed E-state index contributed by atoms with van der Waals surface area (Å²) in [5, 5.41) is 23.0. The van der Waals surface area contributed by atoms with Gasteiger partial charge in [-0.15, -0.1) is 0 Å². The molecule has 0 unspecified atom stereocenters. The van der Waals surface area contributed by atoms with E-state index in [4.69, 9.17) is 0 Å². The average Bonchev–Trinajstić information content (AvgIpc) is 3.45. The molecule has 0 atom stereocenters. The van der Waals surface area contributed by atoms with Crippen LogP contribution in [0.4, 0.5) is 0 Å². The number of nitrogens with one attached hydrogen (secondary N) is 2. The molecule has 0 saturated heterocycles. The molecule has 0 aliphatic heterocycles. The average molecular weight is 364 g/mol. The van der Waals surface area contributed by atoms with Crippen molar-refractivity contribution in [3.63, 3.8) is 0 Å². The molecule has 0 aliphatic carbocycles. The molecule has 0 fully saturated rings. The Kier molecular flexibility index (Phi) is 3.99. The zero-order valence-corrected chi connectivity index (χ0v) is 14.9. The van der Waals surface area contributed by atoms with Gasteiger partial charge < -0.3 is 0 Å². The number of nitrogens with zero attached hydrogens (tertiary/aromatic N) is 4. The summed E-state index contributed by atoms with van der Waals surface area (Å²) in [7, 11) is 0. The molecule has 0 saturated carbocycles. The Hall–Kier alpha value is -4.06. The predicted molar refractivity (Wildman–Crippen MR) is 108 cm³/mol. The van der Waals surface area contributed by atoms with E-state index in [1.165, 1.54) is 0 Å². The lowest BCUT2D eigenvalue weighted by molar-refractivity contribution is 0.943. The van der Waals surface area contributed by atoms with Crippen molar-refractivity contribution in [2.24, 2.45) is 0 Å². The van der Waals surface area contributed by atoms with Gasteiger partial charge in [0.05, 0.1) is 0 Å². The maximum atomic E-state index is 4.39. The molecule has 0 bridgehead atoms. The maximum absolute atomic E-state index is 4.39. The van der Waals surface area contributed by atoms with Gasteiger partial charge in [0.2, 0.25) is 0 Å². The highest BCUT2D eigenvalue weighted by molar-refractivity contribution is 5.83. The van der Waals surface area contributed by atoms with E-state index in [2.05, 4.69) is 36.9 Å². The molecule has 2 aromatic heterocycles. The molecule has 0 aliphatic rings. The van der Waals surface area contributed by atoms with E-state index < -0.39 is 0 Å². The van der Waals surface area contributed by atoms with Gasteiger partial charge in [-0.3, -0.25) is 0 Å². The first kappa shape index (κ1) is 16.1. The molecule has 0 radical (unpaired) electrons. The lowest BCUT2D eigenvalue weighted by Gasteiger charge is -2.05. The molecule has 28 heavy (non-hydrogen) atoms. The second kappa shape index (κ2) is 6.92. The van der Waals surface area contributed by atoms with Gasteiger partial charge in [0.1, 0.15) is 22.8 Å². The first-order valence-electron chi connectivity index (χ1n) is 8.93. The van der Waals surface area contributed by atoms with Crippen molar-refractivity contribution in [1.29, 1.82) is 0 Å². The molecule has 5 aromatic rings. The largest absolute Gasteiger partial charge is 0.197 e. The third kappa shape index (κ3) is 2.87. The van der Waals surface area contributed by atoms with E-state index in [0.29, 0.717) is 0 Å². The smallest absolute Gasteiger partial charge is 0.120 e. The Labute approximate surface area is 161 Å². The summed E-state index contributed by atoms with van der Waals surface area (Å²) in [6.45, 7) is 0. The summed E-state index contributed by atoms with van der Waals surface area (Å²) in [5.41, 5.74) is 7.21. The van der Waals surface area contributed by atoms with Gasteiger partial charge in [0.25, 0.3) is 0 Å². The summed E-state index contributed by atoms with van der Waals surface area (Å²) in [5.74, 6) is 0. The Morgan fingerprint density at radius 1 is 0.393 bits per heavy atom. The van der Waals surface area contributed by atoms with E-state index in [-0.39, 0.29) is 0 Å². The van der Waals surface area contributed by atoms with Crippen molar-refractivity contribution >= 4 is 0 Å². The zero-order chi connectivity index (χ0) is 18.8. The minimum atomic E-state index is 0.804. The van der Waals surface area contributed by atoms with Crippen LogP contribution in [0.15, 0.2) is 84.9 Å². The van der Waals surface area contributed by atoms with Crippen molar-refractivity contribution in [3.8, 4) is 45.0 Å². The highest BCUT2D eigenvalue weighted by Crippen LogP contribution is 2.33. The number of hydrogen-bond donors (Lipinski definition) is 2. The van der Waals surface area contributed by atoms with Crippen molar-refractivity contribution in [3.05, 3.63) is 84.9 Å². The zero-order valence-electron chi connectivity index (χ0n) is 14.9. The van der Waals surface area contributed by atoms with E-state index in [0.717, 1.165) is 45.0 Å². The van der Waals surface area contributed by atoms with Crippen LogP contribution in [0.3, 0.4) is 0 Å². The van der Waals surface area contributed by atoms with Gasteiger partial charge in [-0.05, 0) is 6.07 Å². The van der Waals surface area contributed by atoms with Crippen molar-refractivity contribution < 1.29 is 0 Å². The van der Waals surface area contributed by atoms with Crippen LogP contribution in [0.2, 0.25) is 0 Å². The maximum Gasteiger partial charge on any atom is 0.120 e. The Balaban J connectivity index is 1.59. The fourth-order valence-corrected chi connectivity index (χ4v) is 3.27. The normalized spacial score (nSPS) is 10.9. The van der Waals surface area contributed by atoms with E-state index in [9.17, 15) is 0 Å². The van der Waals surface area contributed by atoms with Gasteiger partial charge in [0.15, 0.2) is 0 Å². The van der Waals surface area contributed by atoms with E-state index in [1.54, 1.807) is 0 Å². The minimum absolute atomic E-state index is 0.804. The first-order valence-corrected chi connectivity index (χ1v) is 8.93. The highest BCUT2D eigenvalue weighted by Gasteiger charge is 2.16. The number of aromatic nitrogens is 6. The summed E-state index contributed by atoms with van der Waals surface area (Å²) >= 11 is 0. The molecule has 6 heteroatoms. The van der Waals surface area contributed by atoms with Crippen LogP contribution in [-0.2, 0) is 0 Å². The number of hydrogen-bond acceptors (Lipinski definition) is 4. The lowest BCUT2D eigenvalue weighted by Crippen LogP contribution is -1.87. The molecule has 3 aromatic carbocycles. The Morgan fingerprint density at radius 3 is 1.18 bits per heavy atom. The van der Waals surface area contributed by atoms with Gasteiger partial charge in [0, 0.05) is 22.3 Å². The molecule has 0 spiro atoms. The monoisotopic (exact) mass is 364 g/mol. The number of rotatable bonds is 4. The van der Waals surface area contributed by atoms with Crippen LogP contribution < -0.4 is 0 Å². The van der Waals surface area contributed by atoms with Gasteiger partial charge in [-0.25, -0.2) is 0 Å². The Morgan fingerprint density at radius 2 is 0.750 bits per heavy atom. The summed E-state index contributed by atoms with van der Waals surface area (Å²) < 4.78 is 0. The van der Waals surface area contributed by atoms with E-state index >= 15 is 0 Å². The molecular formula is C22H16N6. The van der Waals surface area contributed by atoms with Crippen LogP contribution in [0, 0.1) is 0 Å². The summed E-state index contributed by atoms with van der Waals surface area (Å²) in [6.07, 6.45) is 0. The van der Waals surface area contributed by atoms with Crippen molar-refractivity contribution in [1.82, 2.24) is 30.8 Å². The van der Waals surface area contributed by atoms with Gasteiger partial charge in [-0.2, -0.15) is 30.8 Å². The van der Waals surface area contributed by atoms with Crippen molar-refractivity contribution in [2.75, 3.05) is 0 Å². The second-order valence-electron chi connectivity index (χ2n) is 6.35. The molecule has 6 nitrogen and oxygen atoms in total. The molecule has 5 rings (SSSR count). The molecule has 134 valence electrons.